The lowest BCUT2D eigenvalue weighted by molar-refractivity contribution is 0.172. The van der Waals surface area contributed by atoms with Crippen LogP contribution in [0.1, 0.15) is 25.7 Å². The van der Waals surface area contributed by atoms with Crippen molar-refractivity contribution in [2.45, 2.75) is 31.2 Å². The first-order chi connectivity index (χ1) is 10.1. The molecule has 21 heavy (non-hydrogen) atoms. The molecule has 112 valence electrons. The number of fused-ring (bicyclic) bond motifs is 1. The Kier molecular flexibility index (Phi) is 3.72. The zero-order chi connectivity index (χ0) is 14.9. The van der Waals surface area contributed by atoms with Crippen LogP contribution >= 0.6 is 0 Å². The third-order valence-corrected chi connectivity index (χ3v) is 4.79. The molecule has 1 saturated carbocycles. The number of nitrogens with one attached hydrogen (secondary N) is 1. The van der Waals surface area contributed by atoms with Crippen LogP contribution < -0.4 is 11.1 Å². The largest absolute Gasteiger partial charge is 0.399 e. The number of nitrogens with zero attached hydrogens (tertiary/aromatic N) is 2. The average molecular weight is 284 g/mol. The summed E-state index contributed by atoms with van der Waals surface area (Å²) in [5.74, 6) is 0.945. The van der Waals surface area contributed by atoms with Crippen molar-refractivity contribution in [2.75, 3.05) is 31.7 Å². The lowest BCUT2D eigenvalue weighted by atomic mass is 9.96. The topological polar surface area (TPSA) is 54.2 Å². The van der Waals surface area contributed by atoms with Gasteiger partial charge >= 0.3 is 0 Å². The minimum Gasteiger partial charge on any atom is -0.399 e. The Balaban J connectivity index is 1.77. The summed E-state index contributed by atoms with van der Waals surface area (Å²) in [6.07, 6.45) is 5.17. The summed E-state index contributed by atoms with van der Waals surface area (Å²) in [5.41, 5.74) is 7.85. The SMILES string of the molecule is CN(C)C1(CNc2ccc3cc(N)ccc3n2)CCCC1. The third kappa shape index (κ3) is 2.81. The van der Waals surface area contributed by atoms with E-state index in [-0.39, 0.29) is 5.54 Å². The quantitative estimate of drug-likeness (QED) is 0.847. The van der Waals surface area contributed by atoms with Crippen molar-refractivity contribution in [2.24, 2.45) is 0 Å². The summed E-state index contributed by atoms with van der Waals surface area (Å²) >= 11 is 0. The number of hydrogen-bond donors (Lipinski definition) is 2. The Morgan fingerprint density at radius 2 is 1.95 bits per heavy atom. The minimum absolute atomic E-state index is 0.276. The van der Waals surface area contributed by atoms with Gasteiger partial charge in [-0.05, 0) is 57.3 Å². The monoisotopic (exact) mass is 284 g/mol. The van der Waals surface area contributed by atoms with Crippen molar-refractivity contribution in [3.05, 3.63) is 30.3 Å². The van der Waals surface area contributed by atoms with Crippen LogP contribution in [0.4, 0.5) is 11.5 Å². The van der Waals surface area contributed by atoms with Crippen LogP contribution in [-0.4, -0.2) is 36.1 Å². The molecular weight excluding hydrogens is 260 g/mol. The highest BCUT2D eigenvalue weighted by Crippen LogP contribution is 2.33. The lowest BCUT2D eigenvalue weighted by Crippen LogP contribution is -2.47. The van der Waals surface area contributed by atoms with E-state index in [9.17, 15) is 0 Å². The van der Waals surface area contributed by atoms with Crippen molar-refractivity contribution in [3.8, 4) is 0 Å². The molecule has 0 amide bonds. The number of aromatic nitrogens is 1. The van der Waals surface area contributed by atoms with Crippen molar-refractivity contribution in [3.63, 3.8) is 0 Å². The Hall–Kier alpha value is -1.81. The second kappa shape index (κ2) is 5.53. The summed E-state index contributed by atoms with van der Waals surface area (Å²) in [6.45, 7) is 0.952. The van der Waals surface area contributed by atoms with Crippen LogP contribution in [-0.2, 0) is 0 Å². The van der Waals surface area contributed by atoms with Crippen LogP contribution in [0.3, 0.4) is 0 Å². The van der Waals surface area contributed by atoms with Gasteiger partial charge in [0, 0.05) is 23.2 Å². The Labute approximate surface area is 126 Å². The fraction of sp³-hybridized carbons (Fsp3) is 0.471. The van der Waals surface area contributed by atoms with Gasteiger partial charge in [-0.3, -0.25) is 0 Å². The number of hydrogen-bond acceptors (Lipinski definition) is 4. The van der Waals surface area contributed by atoms with E-state index in [0.29, 0.717) is 0 Å². The molecule has 0 saturated heterocycles. The molecule has 3 rings (SSSR count). The van der Waals surface area contributed by atoms with E-state index in [1.165, 1.54) is 25.7 Å². The summed E-state index contributed by atoms with van der Waals surface area (Å²) in [7, 11) is 4.37. The van der Waals surface area contributed by atoms with Gasteiger partial charge in [0.1, 0.15) is 5.82 Å². The maximum atomic E-state index is 5.81. The van der Waals surface area contributed by atoms with Gasteiger partial charge < -0.3 is 16.0 Å². The molecule has 0 spiro atoms. The molecule has 0 atom stereocenters. The van der Waals surface area contributed by atoms with E-state index in [0.717, 1.165) is 29.0 Å². The van der Waals surface area contributed by atoms with Crippen LogP contribution in [0.25, 0.3) is 10.9 Å². The molecule has 4 heteroatoms. The number of pyridine rings is 1. The highest BCUT2D eigenvalue weighted by molar-refractivity contribution is 5.83. The maximum absolute atomic E-state index is 5.81. The highest BCUT2D eigenvalue weighted by Gasteiger charge is 2.35. The predicted molar refractivity (Wildman–Crippen MR) is 89.5 cm³/mol. The first-order valence-corrected chi connectivity index (χ1v) is 7.67. The van der Waals surface area contributed by atoms with Crippen molar-refractivity contribution >= 4 is 22.4 Å². The fourth-order valence-corrected chi connectivity index (χ4v) is 3.31. The Morgan fingerprint density at radius 1 is 1.19 bits per heavy atom. The van der Waals surface area contributed by atoms with E-state index >= 15 is 0 Å². The fourth-order valence-electron chi connectivity index (χ4n) is 3.31. The first-order valence-electron chi connectivity index (χ1n) is 7.67. The summed E-state index contributed by atoms with van der Waals surface area (Å²) < 4.78 is 0. The number of rotatable bonds is 4. The number of likely N-dealkylation sites (N-methyl/N-ethyl adjacent to an activating group) is 1. The number of nitrogens with two attached hydrogens (primary N) is 1. The zero-order valence-electron chi connectivity index (χ0n) is 12.9. The molecule has 0 bridgehead atoms. The van der Waals surface area contributed by atoms with Crippen molar-refractivity contribution < 1.29 is 0 Å². The van der Waals surface area contributed by atoms with Gasteiger partial charge in [0.2, 0.25) is 0 Å². The van der Waals surface area contributed by atoms with E-state index < -0.39 is 0 Å². The normalized spacial score (nSPS) is 17.5. The molecule has 3 N–H and O–H groups in total. The maximum Gasteiger partial charge on any atom is 0.126 e. The molecule has 1 aliphatic rings. The molecule has 1 aromatic carbocycles. The number of benzene rings is 1. The standard InChI is InChI=1S/C17H24N4/c1-21(2)17(9-3-4-10-17)12-19-16-8-5-13-11-14(18)6-7-15(13)20-16/h5-8,11H,3-4,9-10,12,18H2,1-2H3,(H,19,20). The number of nitrogen functional groups attached to an aromatic ring is 1. The molecule has 0 aliphatic heterocycles. The molecule has 4 nitrogen and oxygen atoms in total. The third-order valence-electron chi connectivity index (χ3n) is 4.79. The Bertz CT molecular complexity index is 630. The molecule has 0 radical (unpaired) electrons. The smallest absolute Gasteiger partial charge is 0.126 e. The highest BCUT2D eigenvalue weighted by atomic mass is 15.2. The van der Waals surface area contributed by atoms with Gasteiger partial charge in [0.25, 0.3) is 0 Å². The number of anilines is 2. The van der Waals surface area contributed by atoms with E-state index in [1.54, 1.807) is 0 Å². The van der Waals surface area contributed by atoms with E-state index in [2.05, 4.69) is 35.4 Å². The summed E-state index contributed by atoms with van der Waals surface area (Å²) in [6, 6.07) is 9.97. The average Bonchev–Trinajstić information content (AvgIpc) is 2.95. The lowest BCUT2D eigenvalue weighted by Gasteiger charge is -2.36. The Morgan fingerprint density at radius 3 is 2.67 bits per heavy atom. The van der Waals surface area contributed by atoms with Gasteiger partial charge in [-0.25, -0.2) is 4.98 Å². The van der Waals surface area contributed by atoms with Crippen LogP contribution in [0.15, 0.2) is 30.3 Å². The molecule has 1 fully saturated rings. The van der Waals surface area contributed by atoms with E-state index in [1.807, 2.05) is 24.3 Å². The van der Waals surface area contributed by atoms with Gasteiger partial charge in [-0.15, -0.1) is 0 Å². The van der Waals surface area contributed by atoms with Crippen LogP contribution in [0.2, 0.25) is 0 Å². The van der Waals surface area contributed by atoms with Gasteiger partial charge in [0.05, 0.1) is 5.52 Å². The minimum atomic E-state index is 0.276. The molecule has 1 heterocycles. The molecular formula is C17H24N4. The second-order valence-corrected chi connectivity index (χ2v) is 6.33. The van der Waals surface area contributed by atoms with Gasteiger partial charge in [-0.2, -0.15) is 0 Å². The zero-order valence-corrected chi connectivity index (χ0v) is 12.9. The molecule has 0 unspecified atom stereocenters. The van der Waals surface area contributed by atoms with Crippen LogP contribution in [0, 0.1) is 0 Å². The van der Waals surface area contributed by atoms with Crippen LogP contribution in [0.5, 0.6) is 0 Å². The van der Waals surface area contributed by atoms with Crippen molar-refractivity contribution in [1.82, 2.24) is 9.88 Å². The second-order valence-electron chi connectivity index (χ2n) is 6.33. The van der Waals surface area contributed by atoms with Gasteiger partial charge in [-0.1, -0.05) is 12.8 Å². The predicted octanol–water partition coefficient (Wildman–Crippen LogP) is 3.10. The molecule has 1 aromatic heterocycles. The van der Waals surface area contributed by atoms with Gasteiger partial charge in [0.15, 0.2) is 0 Å². The molecule has 1 aliphatic carbocycles. The van der Waals surface area contributed by atoms with Crippen molar-refractivity contribution in [1.29, 1.82) is 0 Å². The van der Waals surface area contributed by atoms with E-state index in [4.69, 9.17) is 5.73 Å². The summed E-state index contributed by atoms with van der Waals surface area (Å²) in [4.78, 5) is 7.05. The summed E-state index contributed by atoms with van der Waals surface area (Å²) in [5, 5.41) is 4.62. The first kappa shape index (κ1) is 14.1. The molecule has 2 aromatic rings.